The molecule has 0 atom stereocenters. The molecule has 0 radical (unpaired) electrons. The Morgan fingerprint density at radius 3 is 2.81 bits per heavy atom. The van der Waals surface area contributed by atoms with Crippen LogP contribution in [0.4, 0.5) is 0 Å². The van der Waals surface area contributed by atoms with Crippen LogP contribution in [0.1, 0.15) is 14.5 Å². The Hall–Kier alpha value is -0.910. The van der Waals surface area contributed by atoms with E-state index in [4.69, 9.17) is 9.47 Å². The molecule has 0 spiro atoms. The van der Waals surface area contributed by atoms with Gasteiger partial charge in [0.2, 0.25) is 0 Å². The van der Waals surface area contributed by atoms with Gasteiger partial charge >= 0.3 is 0 Å². The molecule has 0 aromatic carbocycles. The Bertz CT molecular complexity index is 325. The molecule has 1 amide bonds. The highest BCUT2D eigenvalue weighted by molar-refractivity contribution is 7.13. The van der Waals surface area contributed by atoms with Crippen LogP contribution in [0, 0.1) is 6.92 Å². The summed E-state index contributed by atoms with van der Waals surface area (Å²) < 4.78 is 10.1. The smallest absolute Gasteiger partial charge is 0.261 e. The largest absolute Gasteiger partial charge is 0.382 e. The van der Waals surface area contributed by atoms with Gasteiger partial charge in [-0.15, -0.1) is 11.3 Å². The number of hydrogen-bond donors (Lipinski definition) is 1. The average Bonchev–Trinajstić information content (AvgIpc) is 2.70. The summed E-state index contributed by atoms with van der Waals surface area (Å²) in [4.78, 5) is 13.5. The first-order valence-electron chi connectivity index (χ1n) is 5.15. The summed E-state index contributed by atoms with van der Waals surface area (Å²) in [7, 11) is 1.63. The summed E-state index contributed by atoms with van der Waals surface area (Å²) >= 11 is 1.49. The number of carbonyl (C=O) groups is 1. The number of methoxy groups -OCH3 is 1. The molecular formula is C11H17NO3S. The maximum absolute atomic E-state index is 11.6. The molecule has 1 aromatic heterocycles. The first-order chi connectivity index (χ1) is 7.74. The van der Waals surface area contributed by atoms with Gasteiger partial charge in [0, 0.05) is 18.5 Å². The summed E-state index contributed by atoms with van der Waals surface area (Å²) in [5, 5.41) is 2.79. The highest BCUT2D eigenvalue weighted by atomic mass is 32.1. The minimum Gasteiger partial charge on any atom is -0.382 e. The molecule has 0 saturated carbocycles. The van der Waals surface area contributed by atoms with Crippen molar-refractivity contribution in [2.45, 2.75) is 6.92 Å². The van der Waals surface area contributed by atoms with E-state index in [1.165, 1.54) is 11.3 Å². The van der Waals surface area contributed by atoms with Crippen LogP contribution in [0.5, 0.6) is 0 Å². The van der Waals surface area contributed by atoms with Gasteiger partial charge in [-0.3, -0.25) is 4.79 Å². The van der Waals surface area contributed by atoms with Crippen LogP contribution in [0.15, 0.2) is 12.1 Å². The third kappa shape index (κ3) is 4.74. The number of ether oxygens (including phenoxy) is 2. The lowest BCUT2D eigenvalue weighted by Gasteiger charge is -2.04. The fourth-order valence-electron chi connectivity index (χ4n) is 1.12. The molecule has 4 nitrogen and oxygen atoms in total. The van der Waals surface area contributed by atoms with Crippen molar-refractivity contribution in [3.8, 4) is 0 Å². The van der Waals surface area contributed by atoms with Gasteiger partial charge in [0.05, 0.1) is 24.7 Å². The van der Waals surface area contributed by atoms with Crippen LogP contribution >= 0.6 is 11.3 Å². The van der Waals surface area contributed by atoms with Crippen LogP contribution in [-0.4, -0.2) is 39.4 Å². The first-order valence-corrected chi connectivity index (χ1v) is 5.97. The van der Waals surface area contributed by atoms with Gasteiger partial charge < -0.3 is 14.8 Å². The number of nitrogens with one attached hydrogen (secondary N) is 1. The van der Waals surface area contributed by atoms with Gasteiger partial charge in [0.15, 0.2) is 0 Å². The average molecular weight is 243 g/mol. The molecule has 0 saturated heterocycles. The van der Waals surface area contributed by atoms with Crippen molar-refractivity contribution in [2.75, 3.05) is 33.5 Å². The molecule has 0 bridgehead atoms. The number of thiophene rings is 1. The van der Waals surface area contributed by atoms with E-state index in [0.29, 0.717) is 26.4 Å². The zero-order valence-corrected chi connectivity index (χ0v) is 10.4. The molecule has 16 heavy (non-hydrogen) atoms. The van der Waals surface area contributed by atoms with Gasteiger partial charge in [0.25, 0.3) is 5.91 Å². The number of hydrogen-bond acceptors (Lipinski definition) is 4. The number of carbonyl (C=O) groups excluding carboxylic acids is 1. The van der Waals surface area contributed by atoms with Crippen LogP contribution in [0.3, 0.4) is 0 Å². The molecule has 0 fully saturated rings. The van der Waals surface area contributed by atoms with Crippen molar-refractivity contribution < 1.29 is 14.3 Å². The maximum atomic E-state index is 11.6. The summed E-state index contributed by atoms with van der Waals surface area (Å²) in [6.45, 7) is 4.16. The zero-order valence-electron chi connectivity index (χ0n) is 9.62. The van der Waals surface area contributed by atoms with Gasteiger partial charge in [-0.1, -0.05) is 0 Å². The van der Waals surface area contributed by atoms with Crippen LogP contribution in [0.2, 0.25) is 0 Å². The molecule has 1 heterocycles. The van der Waals surface area contributed by atoms with Crippen molar-refractivity contribution in [3.05, 3.63) is 21.9 Å². The molecule has 1 N–H and O–H groups in total. The maximum Gasteiger partial charge on any atom is 0.261 e. The lowest BCUT2D eigenvalue weighted by atomic mass is 10.4. The van der Waals surface area contributed by atoms with Crippen molar-refractivity contribution in [1.82, 2.24) is 5.32 Å². The van der Waals surface area contributed by atoms with Crippen molar-refractivity contribution >= 4 is 17.2 Å². The van der Waals surface area contributed by atoms with E-state index in [1.807, 2.05) is 19.1 Å². The monoisotopic (exact) mass is 243 g/mol. The SMILES string of the molecule is COCCOCCNC(=O)c1ccc(C)s1. The molecule has 1 aromatic rings. The third-order valence-corrected chi connectivity index (χ3v) is 2.93. The highest BCUT2D eigenvalue weighted by Crippen LogP contribution is 2.14. The van der Waals surface area contributed by atoms with Crippen LogP contribution in [0.25, 0.3) is 0 Å². The van der Waals surface area contributed by atoms with E-state index in [1.54, 1.807) is 7.11 Å². The molecule has 90 valence electrons. The second-order valence-corrected chi connectivity index (χ2v) is 4.56. The lowest BCUT2D eigenvalue weighted by molar-refractivity contribution is 0.0693. The lowest BCUT2D eigenvalue weighted by Crippen LogP contribution is -2.26. The van der Waals surface area contributed by atoms with Crippen molar-refractivity contribution in [1.29, 1.82) is 0 Å². The minimum absolute atomic E-state index is 0.0339. The summed E-state index contributed by atoms with van der Waals surface area (Å²) in [6.07, 6.45) is 0. The van der Waals surface area contributed by atoms with Gasteiger partial charge in [-0.25, -0.2) is 0 Å². The number of amides is 1. The third-order valence-electron chi connectivity index (χ3n) is 1.93. The standard InChI is InChI=1S/C11H17NO3S/c1-9-3-4-10(16-9)11(13)12-5-6-15-8-7-14-2/h3-4H,5-8H2,1-2H3,(H,12,13). The summed E-state index contributed by atoms with van der Waals surface area (Å²) in [5.74, 6) is -0.0339. The summed E-state index contributed by atoms with van der Waals surface area (Å²) in [5.41, 5.74) is 0. The minimum atomic E-state index is -0.0339. The van der Waals surface area contributed by atoms with E-state index >= 15 is 0 Å². The Balaban J connectivity index is 2.11. The van der Waals surface area contributed by atoms with E-state index in [2.05, 4.69) is 5.32 Å². The van der Waals surface area contributed by atoms with Crippen LogP contribution in [-0.2, 0) is 9.47 Å². The van der Waals surface area contributed by atoms with E-state index < -0.39 is 0 Å². The molecule has 1 rings (SSSR count). The Labute approximate surface area is 99.6 Å². The molecule has 5 heteroatoms. The van der Waals surface area contributed by atoms with E-state index in [9.17, 15) is 4.79 Å². The first kappa shape index (κ1) is 13.2. The predicted octanol–water partition coefficient (Wildman–Crippen LogP) is 1.45. The molecule has 0 unspecified atom stereocenters. The Morgan fingerprint density at radius 2 is 2.19 bits per heavy atom. The highest BCUT2D eigenvalue weighted by Gasteiger charge is 2.06. The fourth-order valence-corrected chi connectivity index (χ4v) is 1.91. The van der Waals surface area contributed by atoms with Gasteiger partial charge in [-0.05, 0) is 19.1 Å². The predicted molar refractivity (Wildman–Crippen MR) is 64.1 cm³/mol. The van der Waals surface area contributed by atoms with Crippen LogP contribution < -0.4 is 5.32 Å². The van der Waals surface area contributed by atoms with E-state index in [0.717, 1.165) is 9.75 Å². The second kappa shape index (κ2) is 7.38. The zero-order chi connectivity index (χ0) is 11.8. The number of aryl methyl sites for hydroxylation is 1. The Morgan fingerprint density at radius 1 is 1.38 bits per heavy atom. The Kier molecular flexibility index (Phi) is 6.07. The molecule has 0 aliphatic rings. The molecular weight excluding hydrogens is 226 g/mol. The number of rotatable bonds is 7. The second-order valence-electron chi connectivity index (χ2n) is 3.27. The quantitative estimate of drug-likeness (QED) is 0.737. The topological polar surface area (TPSA) is 47.6 Å². The van der Waals surface area contributed by atoms with Gasteiger partial charge in [-0.2, -0.15) is 0 Å². The van der Waals surface area contributed by atoms with E-state index in [-0.39, 0.29) is 5.91 Å². The normalized spacial score (nSPS) is 10.4. The molecule has 0 aliphatic heterocycles. The van der Waals surface area contributed by atoms with Gasteiger partial charge in [0.1, 0.15) is 0 Å². The molecule has 0 aliphatic carbocycles. The summed E-state index contributed by atoms with van der Waals surface area (Å²) in [6, 6.07) is 3.77. The van der Waals surface area contributed by atoms with Crippen molar-refractivity contribution in [3.63, 3.8) is 0 Å². The fraction of sp³-hybridized carbons (Fsp3) is 0.545. The van der Waals surface area contributed by atoms with Crippen molar-refractivity contribution in [2.24, 2.45) is 0 Å².